The van der Waals surface area contributed by atoms with Gasteiger partial charge in [-0.2, -0.15) is 0 Å². The molecule has 0 fully saturated rings. The molecule has 0 radical (unpaired) electrons. The Kier molecular flexibility index (Phi) is 10.1. The number of anilines is 3. The van der Waals surface area contributed by atoms with Crippen LogP contribution in [0.25, 0.3) is 97.7 Å². The van der Waals surface area contributed by atoms with Crippen molar-refractivity contribution in [3.05, 3.63) is 261 Å². The Morgan fingerprint density at radius 1 is 0.258 bits per heavy atom. The Labute approximate surface area is 389 Å². The lowest BCUT2D eigenvalue weighted by molar-refractivity contribution is 1.28. The first-order valence-electron chi connectivity index (χ1n) is 22.6. The average molecular weight is 858 g/mol. The van der Waals surface area contributed by atoms with E-state index >= 15 is 0 Å². The van der Waals surface area contributed by atoms with E-state index in [0.29, 0.717) is 0 Å². The highest BCUT2D eigenvalue weighted by molar-refractivity contribution is 7.26. The molecule has 0 amide bonds. The summed E-state index contributed by atoms with van der Waals surface area (Å²) in [4.78, 5) is 2.46. The number of nitrogens with zero attached hydrogens (tertiary/aromatic N) is 1. The van der Waals surface area contributed by atoms with Crippen molar-refractivity contribution in [2.75, 3.05) is 4.90 Å². The maximum absolute atomic E-state index is 2.46. The molecule has 0 aliphatic carbocycles. The van der Waals surface area contributed by atoms with E-state index in [1.807, 2.05) is 11.3 Å². The molecule has 1 heterocycles. The van der Waals surface area contributed by atoms with Crippen molar-refractivity contribution >= 4 is 59.3 Å². The largest absolute Gasteiger partial charge is 0.310 e. The molecule has 11 aromatic carbocycles. The van der Waals surface area contributed by atoms with Crippen molar-refractivity contribution in [1.82, 2.24) is 0 Å². The first-order chi connectivity index (χ1) is 32.7. The molecule has 0 unspecified atom stereocenters. The van der Waals surface area contributed by atoms with Gasteiger partial charge in [-0.25, -0.2) is 0 Å². The van der Waals surface area contributed by atoms with Crippen LogP contribution in [0.5, 0.6) is 0 Å². The number of fused-ring (bicyclic) bond motifs is 4. The molecule has 2 heteroatoms. The van der Waals surface area contributed by atoms with Crippen molar-refractivity contribution in [2.45, 2.75) is 0 Å². The lowest BCUT2D eigenvalue weighted by Gasteiger charge is -2.29. The van der Waals surface area contributed by atoms with E-state index in [2.05, 4.69) is 266 Å². The monoisotopic (exact) mass is 857 g/mol. The van der Waals surface area contributed by atoms with E-state index in [-0.39, 0.29) is 0 Å². The third-order valence-corrected chi connectivity index (χ3v) is 14.1. The Balaban J connectivity index is 1.05. The summed E-state index contributed by atoms with van der Waals surface area (Å²) in [5.74, 6) is 0. The summed E-state index contributed by atoms with van der Waals surface area (Å²) in [5, 5.41) is 5.07. The van der Waals surface area contributed by atoms with Gasteiger partial charge in [0.1, 0.15) is 0 Å². The second-order valence-electron chi connectivity index (χ2n) is 16.8. The van der Waals surface area contributed by atoms with Crippen LogP contribution in [-0.2, 0) is 0 Å². The molecule has 0 saturated heterocycles. The van der Waals surface area contributed by atoms with Crippen LogP contribution in [-0.4, -0.2) is 0 Å². The minimum atomic E-state index is 1.08. The average Bonchev–Trinajstić information content (AvgIpc) is 3.79. The van der Waals surface area contributed by atoms with Crippen LogP contribution in [0.2, 0.25) is 0 Å². The van der Waals surface area contributed by atoms with E-state index in [0.717, 1.165) is 33.8 Å². The van der Waals surface area contributed by atoms with Gasteiger partial charge in [0.25, 0.3) is 0 Å². The van der Waals surface area contributed by atoms with Crippen LogP contribution in [0.3, 0.4) is 0 Å². The summed E-state index contributed by atoms with van der Waals surface area (Å²) < 4.78 is 2.61. The summed E-state index contributed by atoms with van der Waals surface area (Å²) in [6.07, 6.45) is 0. The minimum Gasteiger partial charge on any atom is -0.310 e. The van der Waals surface area contributed by atoms with Gasteiger partial charge in [0, 0.05) is 37.1 Å². The first-order valence-corrected chi connectivity index (χ1v) is 23.4. The van der Waals surface area contributed by atoms with Crippen LogP contribution in [0.15, 0.2) is 261 Å². The second kappa shape index (κ2) is 17.0. The third-order valence-electron chi connectivity index (χ3n) is 12.9. The summed E-state index contributed by atoms with van der Waals surface area (Å²) in [6.45, 7) is 0. The van der Waals surface area contributed by atoms with Gasteiger partial charge >= 0.3 is 0 Å². The second-order valence-corrected chi connectivity index (χ2v) is 17.9. The van der Waals surface area contributed by atoms with Gasteiger partial charge in [0.2, 0.25) is 0 Å². The maximum Gasteiger partial charge on any atom is 0.0546 e. The van der Waals surface area contributed by atoms with Gasteiger partial charge in [0.05, 0.1) is 5.69 Å². The van der Waals surface area contributed by atoms with E-state index in [1.165, 1.54) is 81.0 Å². The van der Waals surface area contributed by atoms with Gasteiger partial charge in [-0.05, 0) is 114 Å². The SMILES string of the molecule is c1ccc(-c2ccc(-c3ccc(N(c4cccc(-c5cccc6c5sc5ccccc56)c4)c4cc(-c5cccc6ccccc56)ccc4-c4ccccc4)cc3)cc2-c2ccccc2)cc1. The van der Waals surface area contributed by atoms with Crippen LogP contribution in [0.1, 0.15) is 0 Å². The van der Waals surface area contributed by atoms with Crippen LogP contribution >= 0.6 is 11.3 Å². The standard InChI is InChI=1S/C64H43NS/c1-4-17-45(18-5-1)56-39-35-49(42-61(56)48-21-8-3-9-22-48)44-33-37-52(38-34-44)65(53-26-14-25-50(41-53)58-30-16-31-60-59-28-12-13-32-63(59)66-64(58)60)62-43-51(36-40-57(62)47-19-6-2-7-20-47)55-29-15-24-46-23-10-11-27-54(46)55/h1-43H. The van der Waals surface area contributed by atoms with Crippen molar-refractivity contribution in [1.29, 1.82) is 0 Å². The molecule has 0 atom stereocenters. The lowest BCUT2D eigenvalue weighted by atomic mass is 9.91. The Hall–Kier alpha value is -8.30. The predicted molar refractivity (Wildman–Crippen MR) is 284 cm³/mol. The fraction of sp³-hybridized carbons (Fsp3) is 0. The number of hydrogen-bond donors (Lipinski definition) is 0. The summed E-state index contributed by atoms with van der Waals surface area (Å²) in [5.41, 5.74) is 17.6. The predicted octanol–water partition coefficient (Wildman–Crippen LogP) is 18.7. The van der Waals surface area contributed by atoms with E-state index in [9.17, 15) is 0 Å². The molecule has 310 valence electrons. The highest BCUT2D eigenvalue weighted by Gasteiger charge is 2.21. The Bertz CT molecular complexity index is 3680. The van der Waals surface area contributed by atoms with Crippen molar-refractivity contribution in [3.8, 4) is 66.8 Å². The van der Waals surface area contributed by atoms with Crippen LogP contribution < -0.4 is 4.90 Å². The van der Waals surface area contributed by atoms with E-state index in [1.54, 1.807) is 0 Å². The van der Waals surface area contributed by atoms with Crippen molar-refractivity contribution in [3.63, 3.8) is 0 Å². The smallest absolute Gasteiger partial charge is 0.0546 e. The number of thiophene rings is 1. The Morgan fingerprint density at radius 3 is 1.56 bits per heavy atom. The molecule has 12 rings (SSSR count). The zero-order valence-corrected chi connectivity index (χ0v) is 37.0. The minimum absolute atomic E-state index is 1.08. The molecule has 12 aromatic rings. The number of hydrogen-bond acceptors (Lipinski definition) is 2. The quantitative estimate of drug-likeness (QED) is 0.140. The molecule has 1 nitrogen and oxygen atoms in total. The van der Waals surface area contributed by atoms with E-state index in [4.69, 9.17) is 0 Å². The van der Waals surface area contributed by atoms with Crippen LogP contribution in [0, 0.1) is 0 Å². The topological polar surface area (TPSA) is 3.24 Å². The fourth-order valence-electron chi connectivity index (χ4n) is 9.69. The fourth-order valence-corrected chi connectivity index (χ4v) is 10.9. The molecular weight excluding hydrogens is 815 g/mol. The van der Waals surface area contributed by atoms with Crippen molar-refractivity contribution < 1.29 is 0 Å². The van der Waals surface area contributed by atoms with Gasteiger partial charge in [0.15, 0.2) is 0 Å². The number of benzene rings is 11. The lowest BCUT2D eigenvalue weighted by Crippen LogP contribution is -2.11. The third kappa shape index (κ3) is 7.24. The van der Waals surface area contributed by atoms with Gasteiger partial charge in [-0.3, -0.25) is 0 Å². The highest BCUT2D eigenvalue weighted by atomic mass is 32.1. The summed E-state index contributed by atoms with van der Waals surface area (Å²) in [7, 11) is 0. The normalized spacial score (nSPS) is 11.3. The molecule has 0 aliphatic heterocycles. The summed E-state index contributed by atoms with van der Waals surface area (Å²) in [6, 6.07) is 95.2. The van der Waals surface area contributed by atoms with Gasteiger partial charge < -0.3 is 4.90 Å². The molecule has 0 aliphatic rings. The Morgan fingerprint density at radius 2 is 0.788 bits per heavy atom. The van der Waals surface area contributed by atoms with Crippen molar-refractivity contribution in [2.24, 2.45) is 0 Å². The molecular formula is C64H43NS. The zero-order chi connectivity index (χ0) is 43.8. The molecule has 0 bridgehead atoms. The van der Waals surface area contributed by atoms with Gasteiger partial charge in [-0.15, -0.1) is 11.3 Å². The maximum atomic E-state index is 2.46. The van der Waals surface area contributed by atoms with E-state index < -0.39 is 0 Å². The highest BCUT2D eigenvalue weighted by Crippen LogP contribution is 2.47. The molecule has 1 aromatic heterocycles. The molecule has 0 N–H and O–H groups in total. The summed E-state index contributed by atoms with van der Waals surface area (Å²) >= 11 is 1.88. The zero-order valence-electron chi connectivity index (χ0n) is 36.2. The molecule has 66 heavy (non-hydrogen) atoms. The first kappa shape index (κ1) is 39.3. The number of rotatable bonds is 9. The van der Waals surface area contributed by atoms with Crippen LogP contribution in [0.4, 0.5) is 17.1 Å². The molecule has 0 spiro atoms. The van der Waals surface area contributed by atoms with Gasteiger partial charge in [-0.1, -0.05) is 218 Å². The molecule has 0 saturated carbocycles.